The van der Waals surface area contributed by atoms with E-state index in [1.165, 1.54) is 0 Å². The second-order valence-electron chi connectivity index (χ2n) is 4.31. The molecule has 0 aromatic carbocycles. The van der Waals surface area contributed by atoms with Gasteiger partial charge in [0, 0.05) is 20.7 Å². The van der Waals surface area contributed by atoms with E-state index in [0.29, 0.717) is 13.2 Å². The smallest absolute Gasteiger partial charge is 0.229 e. The van der Waals surface area contributed by atoms with Crippen LogP contribution in [0.3, 0.4) is 0 Å². The third-order valence-corrected chi connectivity index (χ3v) is 2.48. The minimum Gasteiger partial charge on any atom is -0.383 e. The molecule has 0 aliphatic rings. The highest BCUT2D eigenvalue weighted by atomic mass is 16.5. The lowest BCUT2D eigenvalue weighted by molar-refractivity contribution is -0.141. The van der Waals surface area contributed by atoms with E-state index in [1.807, 2.05) is 20.8 Å². The molecule has 0 radical (unpaired) electrons. The van der Waals surface area contributed by atoms with Crippen LogP contribution >= 0.6 is 0 Å². The van der Waals surface area contributed by atoms with Crippen molar-refractivity contribution < 1.29 is 9.53 Å². The topological polar surface area (TPSA) is 55.6 Å². The molecule has 0 fully saturated rings. The van der Waals surface area contributed by atoms with Crippen LogP contribution in [-0.2, 0) is 9.53 Å². The average molecular weight is 202 g/mol. The van der Waals surface area contributed by atoms with E-state index in [4.69, 9.17) is 10.5 Å². The summed E-state index contributed by atoms with van der Waals surface area (Å²) in [6, 6.07) is 0.0818. The van der Waals surface area contributed by atoms with Crippen molar-refractivity contribution in [2.75, 3.05) is 27.3 Å². The Bertz CT molecular complexity index is 193. The van der Waals surface area contributed by atoms with Crippen molar-refractivity contribution >= 4 is 5.91 Å². The number of hydrogen-bond acceptors (Lipinski definition) is 3. The van der Waals surface area contributed by atoms with Gasteiger partial charge in [-0.15, -0.1) is 0 Å². The monoisotopic (exact) mass is 202 g/mol. The van der Waals surface area contributed by atoms with Crippen molar-refractivity contribution in [3.05, 3.63) is 0 Å². The summed E-state index contributed by atoms with van der Waals surface area (Å²) < 4.78 is 5.00. The normalized spacial score (nSPS) is 13.9. The van der Waals surface area contributed by atoms with Gasteiger partial charge in [-0.3, -0.25) is 4.79 Å². The van der Waals surface area contributed by atoms with Crippen LogP contribution in [0.2, 0.25) is 0 Å². The molecule has 0 aromatic rings. The zero-order chi connectivity index (χ0) is 11.4. The molecule has 1 amide bonds. The van der Waals surface area contributed by atoms with Crippen LogP contribution in [0, 0.1) is 5.41 Å². The molecule has 0 rings (SSSR count). The Morgan fingerprint density at radius 2 is 2.07 bits per heavy atom. The maximum absolute atomic E-state index is 11.9. The Kier molecular flexibility index (Phi) is 5.08. The molecule has 14 heavy (non-hydrogen) atoms. The first-order chi connectivity index (χ1) is 6.36. The van der Waals surface area contributed by atoms with Gasteiger partial charge in [0.1, 0.15) is 0 Å². The fourth-order valence-corrected chi connectivity index (χ4v) is 1.12. The molecule has 0 saturated heterocycles. The number of methoxy groups -OCH3 is 1. The zero-order valence-electron chi connectivity index (χ0n) is 9.83. The van der Waals surface area contributed by atoms with Crippen LogP contribution in [0.1, 0.15) is 20.8 Å². The molecule has 0 bridgehead atoms. The van der Waals surface area contributed by atoms with Crippen LogP contribution in [0.4, 0.5) is 0 Å². The summed E-state index contributed by atoms with van der Waals surface area (Å²) >= 11 is 0. The van der Waals surface area contributed by atoms with Gasteiger partial charge in [0.2, 0.25) is 5.91 Å². The average Bonchev–Trinajstić information content (AvgIpc) is 2.15. The first-order valence-electron chi connectivity index (χ1n) is 4.83. The van der Waals surface area contributed by atoms with Gasteiger partial charge in [-0.1, -0.05) is 0 Å². The molecule has 2 N–H and O–H groups in total. The number of rotatable bonds is 5. The second-order valence-corrected chi connectivity index (χ2v) is 4.31. The molecule has 1 atom stereocenters. The molecule has 4 heteroatoms. The third kappa shape index (κ3) is 3.27. The lowest BCUT2D eigenvalue weighted by Gasteiger charge is -2.32. The van der Waals surface area contributed by atoms with Crippen molar-refractivity contribution in [1.82, 2.24) is 4.90 Å². The van der Waals surface area contributed by atoms with Gasteiger partial charge < -0.3 is 15.4 Å². The molecular weight excluding hydrogens is 180 g/mol. The van der Waals surface area contributed by atoms with Crippen LogP contribution in [0.15, 0.2) is 0 Å². The second kappa shape index (κ2) is 5.32. The van der Waals surface area contributed by atoms with E-state index in [1.54, 1.807) is 19.1 Å². The van der Waals surface area contributed by atoms with Crippen LogP contribution in [0.5, 0.6) is 0 Å². The maximum Gasteiger partial charge on any atom is 0.229 e. The predicted molar refractivity (Wildman–Crippen MR) is 56.9 cm³/mol. The number of carbonyl (C=O) groups is 1. The fourth-order valence-electron chi connectivity index (χ4n) is 1.12. The number of amides is 1. The van der Waals surface area contributed by atoms with Gasteiger partial charge in [0.05, 0.1) is 18.1 Å². The Morgan fingerprint density at radius 3 is 2.43 bits per heavy atom. The van der Waals surface area contributed by atoms with E-state index in [2.05, 4.69) is 0 Å². The molecule has 0 aromatic heterocycles. The Hall–Kier alpha value is -0.610. The lowest BCUT2D eigenvalue weighted by Crippen LogP contribution is -2.47. The summed E-state index contributed by atoms with van der Waals surface area (Å²) in [5.74, 6) is 0.0598. The van der Waals surface area contributed by atoms with Crippen molar-refractivity contribution in [3.63, 3.8) is 0 Å². The number of carbonyl (C=O) groups excluding carboxylic acids is 1. The highest BCUT2D eigenvalue weighted by Crippen LogP contribution is 2.17. The summed E-state index contributed by atoms with van der Waals surface area (Å²) in [7, 11) is 3.41. The zero-order valence-corrected chi connectivity index (χ0v) is 9.83. The first-order valence-corrected chi connectivity index (χ1v) is 4.83. The van der Waals surface area contributed by atoms with Crippen LogP contribution in [-0.4, -0.2) is 44.2 Å². The van der Waals surface area contributed by atoms with Crippen molar-refractivity contribution in [2.24, 2.45) is 11.1 Å². The van der Waals surface area contributed by atoms with Gasteiger partial charge in [-0.25, -0.2) is 0 Å². The summed E-state index contributed by atoms with van der Waals surface area (Å²) in [6.45, 7) is 6.56. The highest BCUT2D eigenvalue weighted by molar-refractivity contribution is 5.82. The molecule has 84 valence electrons. The van der Waals surface area contributed by atoms with E-state index < -0.39 is 5.41 Å². The van der Waals surface area contributed by atoms with Crippen molar-refractivity contribution in [2.45, 2.75) is 26.8 Å². The predicted octanol–water partition coefficient (Wildman–Crippen LogP) is 0.465. The quantitative estimate of drug-likeness (QED) is 0.705. The van der Waals surface area contributed by atoms with Gasteiger partial charge in [0.25, 0.3) is 0 Å². The molecule has 0 heterocycles. The van der Waals surface area contributed by atoms with E-state index in [9.17, 15) is 4.79 Å². The Labute approximate surface area is 86.4 Å². The van der Waals surface area contributed by atoms with Gasteiger partial charge >= 0.3 is 0 Å². The number of nitrogens with two attached hydrogens (primary N) is 1. The maximum atomic E-state index is 11.9. The largest absolute Gasteiger partial charge is 0.383 e. The van der Waals surface area contributed by atoms with Crippen LogP contribution in [0.25, 0.3) is 0 Å². The van der Waals surface area contributed by atoms with E-state index in [-0.39, 0.29) is 11.9 Å². The molecule has 0 aliphatic heterocycles. The number of ether oxygens (including phenoxy) is 1. The molecule has 0 spiro atoms. The minimum absolute atomic E-state index is 0.0598. The standard InChI is InChI=1S/C10H22N2O2/c1-8(6-14-5)12(4)9(13)10(2,3)7-11/h8H,6-7,11H2,1-5H3. The first kappa shape index (κ1) is 13.4. The summed E-state index contributed by atoms with van der Waals surface area (Å²) in [6.07, 6.45) is 0. The molecule has 0 saturated carbocycles. The van der Waals surface area contributed by atoms with Gasteiger partial charge in [0.15, 0.2) is 0 Å². The van der Waals surface area contributed by atoms with Crippen molar-refractivity contribution in [1.29, 1.82) is 0 Å². The fraction of sp³-hybridized carbons (Fsp3) is 0.900. The molecule has 4 nitrogen and oxygen atoms in total. The summed E-state index contributed by atoms with van der Waals surface area (Å²) in [5.41, 5.74) is 5.05. The Morgan fingerprint density at radius 1 is 1.57 bits per heavy atom. The van der Waals surface area contributed by atoms with Crippen molar-refractivity contribution in [3.8, 4) is 0 Å². The SMILES string of the molecule is COCC(C)N(C)C(=O)C(C)(C)CN. The van der Waals surface area contributed by atoms with Gasteiger partial charge in [-0.2, -0.15) is 0 Å². The number of likely N-dealkylation sites (N-methyl/N-ethyl adjacent to an activating group) is 1. The Balaban J connectivity index is 4.38. The van der Waals surface area contributed by atoms with Crippen LogP contribution < -0.4 is 5.73 Å². The number of hydrogen-bond donors (Lipinski definition) is 1. The van der Waals surface area contributed by atoms with E-state index in [0.717, 1.165) is 0 Å². The summed E-state index contributed by atoms with van der Waals surface area (Å²) in [4.78, 5) is 13.6. The lowest BCUT2D eigenvalue weighted by atomic mass is 9.91. The summed E-state index contributed by atoms with van der Waals surface area (Å²) in [5, 5.41) is 0. The molecular formula is C10H22N2O2. The van der Waals surface area contributed by atoms with Gasteiger partial charge in [-0.05, 0) is 20.8 Å². The minimum atomic E-state index is -0.489. The number of nitrogens with zero attached hydrogens (tertiary/aromatic N) is 1. The highest BCUT2D eigenvalue weighted by Gasteiger charge is 2.30. The molecule has 1 unspecified atom stereocenters. The third-order valence-electron chi connectivity index (χ3n) is 2.48. The molecule has 0 aliphatic carbocycles. The van der Waals surface area contributed by atoms with E-state index >= 15 is 0 Å².